The van der Waals surface area contributed by atoms with Crippen molar-refractivity contribution < 1.29 is 13.9 Å². The largest absolute Gasteiger partial charge is 0.493 e. The molecule has 6 heteroatoms. The summed E-state index contributed by atoms with van der Waals surface area (Å²) < 4.78 is 13.7. The highest BCUT2D eigenvalue weighted by Crippen LogP contribution is 2.26. The number of anilines is 1. The van der Waals surface area contributed by atoms with Gasteiger partial charge in [0.1, 0.15) is 11.3 Å². The number of ether oxygens (including phenoxy) is 1. The zero-order valence-electron chi connectivity index (χ0n) is 19.2. The number of para-hydroxylation sites is 1. The number of nitrogens with zero attached hydrogens (tertiary/aromatic N) is 2. The van der Waals surface area contributed by atoms with E-state index in [4.69, 9.17) is 9.15 Å². The molecule has 2 heterocycles. The van der Waals surface area contributed by atoms with Crippen LogP contribution in [0.2, 0.25) is 0 Å². The summed E-state index contributed by atoms with van der Waals surface area (Å²) in [6.45, 7) is 11.4. The molecule has 0 unspecified atom stereocenters. The van der Waals surface area contributed by atoms with Crippen molar-refractivity contribution in [3.05, 3.63) is 76.7 Å². The standard InChI is InChI=1S/C26H29N3O3/c1-16(2)15-31-22-11-10-17(3)12-20(22)14-29-18(4)13-24(28-29)27-26(30)25-19(5)21-8-6-7-9-23(21)32-25/h6-13,16H,14-15H2,1-5H3,(H,27,28,30). The van der Waals surface area contributed by atoms with Gasteiger partial charge in [0.2, 0.25) is 0 Å². The summed E-state index contributed by atoms with van der Waals surface area (Å²) in [6, 6.07) is 15.7. The average molecular weight is 432 g/mol. The summed E-state index contributed by atoms with van der Waals surface area (Å²) in [5, 5.41) is 8.42. The van der Waals surface area contributed by atoms with Gasteiger partial charge >= 0.3 is 0 Å². The number of aromatic nitrogens is 2. The molecular formula is C26H29N3O3. The van der Waals surface area contributed by atoms with Gasteiger partial charge in [-0.1, -0.05) is 49.7 Å². The van der Waals surface area contributed by atoms with Gasteiger partial charge in [0.25, 0.3) is 5.91 Å². The fourth-order valence-corrected chi connectivity index (χ4v) is 3.69. The molecule has 32 heavy (non-hydrogen) atoms. The Morgan fingerprint density at radius 2 is 1.91 bits per heavy atom. The van der Waals surface area contributed by atoms with E-state index in [2.05, 4.69) is 43.3 Å². The van der Waals surface area contributed by atoms with Crippen molar-refractivity contribution in [2.45, 2.75) is 41.2 Å². The van der Waals surface area contributed by atoms with Gasteiger partial charge in [-0.15, -0.1) is 0 Å². The number of carbonyl (C=O) groups is 1. The Balaban J connectivity index is 1.54. The summed E-state index contributed by atoms with van der Waals surface area (Å²) in [4.78, 5) is 12.9. The number of hydrogen-bond acceptors (Lipinski definition) is 4. The summed E-state index contributed by atoms with van der Waals surface area (Å²) in [5.41, 5.74) is 4.68. The highest BCUT2D eigenvalue weighted by atomic mass is 16.5. The Bertz CT molecular complexity index is 1270. The molecule has 0 saturated carbocycles. The normalized spacial score (nSPS) is 11.3. The minimum absolute atomic E-state index is 0.306. The van der Waals surface area contributed by atoms with Gasteiger partial charge < -0.3 is 14.5 Å². The maximum absolute atomic E-state index is 12.9. The van der Waals surface area contributed by atoms with E-state index in [0.29, 0.717) is 36.2 Å². The minimum atomic E-state index is -0.306. The molecule has 0 atom stereocenters. The van der Waals surface area contributed by atoms with Crippen LogP contribution < -0.4 is 10.1 Å². The molecular weight excluding hydrogens is 402 g/mol. The number of hydrogen-bond donors (Lipinski definition) is 1. The van der Waals surface area contributed by atoms with E-state index in [-0.39, 0.29) is 5.91 Å². The van der Waals surface area contributed by atoms with Crippen LogP contribution in [0.25, 0.3) is 11.0 Å². The first-order chi connectivity index (χ1) is 15.3. The molecule has 0 saturated heterocycles. The van der Waals surface area contributed by atoms with E-state index in [1.807, 2.05) is 54.9 Å². The van der Waals surface area contributed by atoms with Gasteiger partial charge in [-0.05, 0) is 38.8 Å². The van der Waals surface area contributed by atoms with E-state index in [9.17, 15) is 4.79 Å². The fourth-order valence-electron chi connectivity index (χ4n) is 3.69. The van der Waals surface area contributed by atoms with Crippen molar-refractivity contribution in [1.82, 2.24) is 9.78 Å². The highest BCUT2D eigenvalue weighted by molar-refractivity contribution is 6.06. The van der Waals surface area contributed by atoms with Crippen molar-refractivity contribution in [3.8, 4) is 5.75 Å². The molecule has 4 rings (SSSR count). The topological polar surface area (TPSA) is 69.3 Å². The van der Waals surface area contributed by atoms with Crippen LogP contribution in [0.4, 0.5) is 5.82 Å². The van der Waals surface area contributed by atoms with Crippen molar-refractivity contribution in [3.63, 3.8) is 0 Å². The molecule has 2 aromatic heterocycles. The van der Waals surface area contributed by atoms with Gasteiger partial charge in [0, 0.05) is 28.3 Å². The van der Waals surface area contributed by atoms with Crippen LogP contribution in [-0.4, -0.2) is 22.3 Å². The van der Waals surface area contributed by atoms with Crippen molar-refractivity contribution in [2.24, 2.45) is 5.92 Å². The van der Waals surface area contributed by atoms with E-state index < -0.39 is 0 Å². The van der Waals surface area contributed by atoms with Crippen LogP contribution in [0, 0.1) is 26.7 Å². The summed E-state index contributed by atoms with van der Waals surface area (Å²) in [5.74, 6) is 1.80. The van der Waals surface area contributed by atoms with Gasteiger partial charge in [-0.2, -0.15) is 5.10 Å². The zero-order chi connectivity index (χ0) is 22.8. The molecule has 1 N–H and O–H groups in total. The van der Waals surface area contributed by atoms with E-state index >= 15 is 0 Å². The first-order valence-corrected chi connectivity index (χ1v) is 10.9. The molecule has 0 fully saturated rings. The predicted octanol–water partition coefficient (Wildman–Crippen LogP) is 5.89. The lowest BCUT2D eigenvalue weighted by Crippen LogP contribution is -2.13. The average Bonchev–Trinajstić information content (AvgIpc) is 3.27. The Hall–Kier alpha value is -3.54. The van der Waals surface area contributed by atoms with Crippen LogP contribution in [0.1, 0.15) is 46.8 Å². The number of furan rings is 1. The van der Waals surface area contributed by atoms with Crippen LogP contribution in [0.5, 0.6) is 5.75 Å². The lowest BCUT2D eigenvalue weighted by atomic mass is 10.1. The SMILES string of the molecule is Cc1ccc(OCC(C)C)c(Cn2nc(NC(=O)c3oc4ccccc4c3C)cc2C)c1. The third kappa shape index (κ3) is 4.54. The minimum Gasteiger partial charge on any atom is -0.493 e. The number of benzene rings is 2. The predicted molar refractivity (Wildman–Crippen MR) is 126 cm³/mol. The number of amides is 1. The number of rotatable bonds is 7. The second kappa shape index (κ2) is 8.91. The van der Waals surface area contributed by atoms with Gasteiger partial charge in [-0.3, -0.25) is 9.48 Å². The number of nitrogens with one attached hydrogen (secondary N) is 1. The van der Waals surface area contributed by atoms with Gasteiger partial charge in [-0.25, -0.2) is 0 Å². The molecule has 6 nitrogen and oxygen atoms in total. The maximum atomic E-state index is 12.9. The van der Waals surface area contributed by atoms with Gasteiger partial charge in [0.15, 0.2) is 11.6 Å². The smallest absolute Gasteiger partial charge is 0.292 e. The maximum Gasteiger partial charge on any atom is 0.292 e. The molecule has 2 aromatic carbocycles. The second-order valence-corrected chi connectivity index (χ2v) is 8.65. The zero-order valence-corrected chi connectivity index (χ0v) is 19.2. The lowest BCUT2D eigenvalue weighted by molar-refractivity contribution is 0.0997. The van der Waals surface area contributed by atoms with E-state index in [1.54, 1.807) is 0 Å². The van der Waals surface area contributed by atoms with Crippen LogP contribution in [0.15, 0.2) is 52.9 Å². The number of aryl methyl sites for hydroxylation is 3. The lowest BCUT2D eigenvalue weighted by Gasteiger charge is -2.14. The van der Waals surface area contributed by atoms with Crippen molar-refractivity contribution >= 4 is 22.7 Å². The molecule has 4 aromatic rings. The Morgan fingerprint density at radius 1 is 1.12 bits per heavy atom. The number of fused-ring (bicyclic) bond motifs is 1. The first-order valence-electron chi connectivity index (χ1n) is 10.9. The molecule has 0 aliphatic heterocycles. The molecule has 0 bridgehead atoms. The monoisotopic (exact) mass is 431 g/mol. The summed E-state index contributed by atoms with van der Waals surface area (Å²) in [7, 11) is 0. The van der Waals surface area contributed by atoms with Crippen LogP contribution in [-0.2, 0) is 6.54 Å². The summed E-state index contributed by atoms with van der Waals surface area (Å²) >= 11 is 0. The van der Waals surface area contributed by atoms with Crippen LogP contribution in [0.3, 0.4) is 0 Å². The third-order valence-corrected chi connectivity index (χ3v) is 5.38. The Morgan fingerprint density at radius 3 is 2.66 bits per heavy atom. The molecule has 0 aliphatic carbocycles. The molecule has 1 amide bonds. The Kier molecular flexibility index (Phi) is 6.04. The molecule has 0 aliphatic rings. The fraction of sp³-hybridized carbons (Fsp3) is 0.308. The second-order valence-electron chi connectivity index (χ2n) is 8.65. The van der Waals surface area contributed by atoms with Crippen LogP contribution >= 0.6 is 0 Å². The number of carbonyl (C=O) groups excluding carboxylic acids is 1. The van der Waals surface area contributed by atoms with E-state index in [1.165, 1.54) is 0 Å². The van der Waals surface area contributed by atoms with Crippen molar-refractivity contribution in [2.75, 3.05) is 11.9 Å². The molecule has 0 radical (unpaired) electrons. The summed E-state index contributed by atoms with van der Waals surface area (Å²) in [6.07, 6.45) is 0. The van der Waals surface area contributed by atoms with E-state index in [0.717, 1.165) is 33.5 Å². The quantitative estimate of drug-likeness (QED) is 0.396. The Labute approximate surface area is 188 Å². The highest BCUT2D eigenvalue weighted by Gasteiger charge is 2.19. The first kappa shape index (κ1) is 21.7. The molecule has 0 spiro atoms. The van der Waals surface area contributed by atoms with Crippen molar-refractivity contribution in [1.29, 1.82) is 0 Å². The third-order valence-electron chi connectivity index (χ3n) is 5.38. The molecule has 166 valence electrons. The van der Waals surface area contributed by atoms with Gasteiger partial charge in [0.05, 0.1) is 13.2 Å².